The number of anilines is 1. The van der Waals surface area contributed by atoms with Crippen LogP contribution in [0.2, 0.25) is 0 Å². The number of hydrogen-bond donors (Lipinski definition) is 1. The van der Waals surface area contributed by atoms with Crippen LogP contribution in [0.15, 0.2) is 38.1 Å². The van der Waals surface area contributed by atoms with E-state index in [4.69, 9.17) is 0 Å². The van der Waals surface area contributed by atoms with E-state index in [1.54, 1.807) is 11.8 Å². The van der Waals surface area contributed by atoms with Crippen molar-refractivity contribution in [1.82, 2.24) is 9.97 Å². The van der Waals surface area contributed by atoms with Gasteiger partial charge in [-0.15, -0.1) is 11.8 Å². The Morgan fingerprint density at radius 1 is 1.15 bits per heavy atom. The standard InChI is InChI=1S/C14H15Br2N3S/c1-3-11-13(16)14(17-2)19-12(18-11)8-20-10-6-4-9(15)5-7-10/h4-7H,3,8H2,1-2H3,(H,17,18,19). The predicted octanol–water partition coefficient (Wildman–Crippen LogP) is 4.90. The first-order valence-electron chi connectivity index (χ1n) is 6.25. The third-order valence-electron chi connectivity index (χ3n) is 2.72. The number of rotatable bonds is 5. The highest BCUT2D eigenvalue weighted by molar-refractivity contribution is 9.11. The van der Waals surface area contributed by atoms with Crippen LogP contribution in [0.3, 0.4) is 0 Å². The van der Waals surface area contributed by atoms with Crippen LogP contribution in [0.25, 0.3) is 0 Å². The van der Waals surface area contributed by atoms with E-state index in [2.05, 4.69) is 66.2 Å². The highest BCUT2D eigenvalue weighted by atomic mass is 79.9. The van der Waals surface area contributed by atoms with Crippen LogP contribution in [0.1, 0.15) is 18.4 Å². The highest BCUT2D eigenvalue weighted by Crippen LogP contribution is 2.27. The zero-order valence-corrected chi connectivity index (χ0v) is 15.3. The van der Waals surface area contributed by atoms with Gasteiger partial charge in [0.05, 0.1) is 15.9 Å². The second-order valence-corrected chi connectivity index (χ2v) is 6.85. The van der Waals surface area contributed by atoms with Gasteiger partial charge in [0.25, 0.3) is 0 Å². The van der Waals surface area contributed by atoms with E-state index in [1.165, 1.54) is 4.90 Å². The Hall–Kier alpha value is -0.590. The van der Waals surface area contributed by atoms with Crippen molar-refractivity contribution in [3.05, 3.63) is 44.7 Å². The molecule has 0 saturated carbocycles. The number of benzene rings is 1. The molecule has 6 heteroatoms. The van der Waals surface area contributed by atoms with Gasteiger partial charge in [0, 0.05) is 16.4 Å². The molecule has 0 aliphatic rings. The average molecular weight is 417 g/mol. The molecular formula is C14H15Br2N3S. The maximum atomic E-state index is 4.60. The minimum absolute atomic E-state index is 0.761. The number of nitrogens with zero attached hydrogens (tertiary/aromatic N) is 2. The summed E-state index contributed by atoms with van der Waals surface area (Å²) in [5, 5.41) is 3.10. The summed E-state index contributed by atoms with van der Waals surface area (Å²) in [7, 11) is 1.87. The summed E-state index contributed by atoms with van der Waals surface area (Å²) in [5.41, 5.74) is 1.04. The lowest BCUT2D eigenvalue weighted by molar-refractivity contribution is 0.930. The fourth-order valence-corrected chi connectivity index (χ4v) is 3.36. The zero-order chi connectivity index (χ0) is 14.5. The second kappa shape index (κ2) is 7.43. The van der Waals surface area contributed by atoms with Gasteiger partial charge in [-0.25, -0.2) is 9.97 Å². The Morgan fingerprint density at radius 2 is 1.85 bits per heavy atom. The van der Waals surface area contributed by atoms with E-state index >= 15 is 0 Å². The first-order chi connectivity index (χ1) is 9.63. The molecule has 1 aromatic heterocycles. The van der Waals surface area contributed by atoms with Crippen molar-refractivity contribution in [3.63, 3.8) is 0 Å². The maximum Gasteiger partial charge on any atom is 0.144 e. The summed E-state index contributed by atoms with van der Waals surface area (Å²) in [6, 6.07) is 8.27. The van der Waals surface area contributed by atoms with Crippen LogP contribution in [0, 0.1) is 0 Å². The second-order valence-electron chi connectivity index (χ2n) is 4.10. The largest absolute Gasteiger partial charge is 0.372 e. The minimum Gasteiger partial charge on any atom is -0.372 e. The summed E-state index contributed by atoms with van der Waals surface area (Å²) in [6.45, 7) is 2.10. The van der Waals surface area contributed by atoms with Crippen molar-refractivity contribution in [3.8, 4) is 0 Å². The highest BCUT2D eigenvalue weighted by Gasteiger charge is 2.10. The van der Waals surface area contributed by atoms with E-state index in [-0.39, 0.29) is 0 Å². The summed E-state index contributed by atoms with van der Waals surface area (Å²) >= 11 is 8.72. The molecule has 20 heavy (non-hydrogen) atoms. The van der Waals surface area contributed by atoms with Crippen LogP contribution in [-0.2, 0) is 12.2 Å². The van der Waals surface area contributed by atoms with Gasteiger partial charge in [-0.2, -0.15) is 0 Å². The van der Waals surface area contributed by atoms with E-state index < -0.39 is 0 Å². The fourth-order valence-electron chi connectivity index (χ4n) is 1.69. The van der Waals surface area contributed by atoms with Gasteiger partial charge in [0.1, 0.15) is 11.6 Å². The lowest BCUT2D eigenvalue weighted by atomic mass is 10.3. The predicted molar refractivity (Wildman–Crippen MR) is 92.4 cm³/mol. The lowest BCUT2D eigenvalue weighted by Gasteiger charge is -2.10. The van der Waals surface area contributed by atoms with Crippen molar-refractivity contribution in [2.45, 2.75) is 24.0 Å². The van der Waals surface area contributed by atoms with Crippen molar-refractivity contribution < 1.29 is 0 Å². The van der Waals surface area contributed by atoms with Crippen LogP contribution >= 0.6 is 43.6 Å². The van der Waals surface area contributed by atoms with Gasteiger partial charge < -0.3 is 5.32 Å². The van der Waals surface area contributed by atoms with Crippen molar-refractivity contribution in [2.75, 3.05) is 12.4 Å². The Balaban J connectivity index is 2.14. The number of thioether (sulfide) groups is 1. The topological polar surface area (TPSA) is 37.8 Å². The summed E-state index contributed by atoms with van der Waals surface area (Å²) in [6.07, 6.45) is 0.883. The molecule has 0 saturated heterocycles. The first-order valence-corrected chi connectivity index (χ1v) is 8.82. The summed E-state index contributed by atoms with van der Waals surface area (Å²) < 4.78 is 2.05. The Bertz CT molecular complexity index is 562. The summed E-state index contributed by atoms with van der Waals surface area (Å²) in [4.78, 5) is 10.3. The van der Waals surface area contributed by atoms with E-state index in [9.17, 15) is 0 Å². The molecule has 3 nitrogen and oxygen atoms in total. The smallest absolute Gasteiger partial charge is 0.144 e. The van der Waals surface area contributed by atoms with Crippen molar-refractivity contribution >= 4 is 49.4 Å². The molecule has 0 fully saturated rings. The van der Waals surface area contributed by atoms with E-state index in [0.717, 1.165) is 38.5 Å². The lowest BCUT2D eigenvalue weighted by Crippen LogP contribution is -2.04. The number of aromatic nitrogens is 2. The number of nitrogens with one attached hydrogen (secondary N) is 1. The Morgan fingerprint density at radius 3 is 2.45 bits per heavy atom. The van der Waals surface area contributed by atoms with E-state index in [1.807, 2.05) is 19.2 Å². The third kappa shape index (κ3) is 3.96. The van der Waals surface area contributed by atoms with Gasteiger partial charge >= 0.3 is 0 Å². The monoisotopic (exact) mass is 415 g/mol. The molecule has 1 heterocycles. The molecule has 2 rings (SSSR count). The van der Waals surface area contributed by atoms with Gasteiger partial charge in [-0.05, 0) is 46.6 Å². The molecular weight excluding hydrogens is 402 g/mol. The molecule has 0 aliphatic heterocycles. The summed E-state index contributed by atoms with van der Waals surface area (Å²) in [5.74, 6) is 2.46. The van der Waals surface area contributed by atoms with Crippen LogP contribution < -0.4 is 5.32 Å². The average Bonchev–Trinajstić information content (AvgIpc) is 2.47. The number of halogens is 2. The zero-order valence-electron chi connectivity index (χ0n) is 11.3. The van der Waals surface area contributed by atoms with Gasteiger partial charge in [0.15, 0.2) is 0 Å². The van der Waals surface area contributed by atoms with Gasteiger partial charge in [0.2, 0.25) is 0 Å². The van der Waals surface area contributed by atoms with Crippen molar-refractivity contribution in [2.24, 2.45) is 0 Å². The molecule has 1 N–H and O–H groups in total. The quantitative estimate of drug-likeness (QED) is 0.703. The molecule has 0 atom stereocenters. The van der Waals surface area contributed by atoms with Crippen LogP contribution in [-0.4, -0.2) is 17.0 Å². The Kier molecular flexibility index (Phi) is 5.86. The van der Waals surface area contributed by atoms with Gasteiger partial charge in [-0.1, -0.05) is 22.9 Å². The Labute approximate surface area is 140 Å². The van der Waals surface area contributed by atoms with Crippen molar-refractivity contribution in [1.29, 1.82) is 0 Å². The number of aryl methyl sites for hydroxylation is 1. The normalized spacial score (nSPS) is 10.6. The third-order valence-corrected chi connectivity index (χ3v) is 5.09. The molecule has 0 unspecified atom stereocenters. The SMILES string of the molecule is CCc1nc(CSc2ccc(Br)cc2)nc(NC)c1Br. The molecule has 0 aliphatic carbocycles. The maximum absolute atomic E-state index is 4.60. The molecule has 0 radical (unpaired) electrons. The fraction of sp³-hybridized carbons (Fsp3) is 0.286. The molecule has 2 aromatic rings. The molecule has 1 aromatic carbocycles. The molecule has 0 spiro atoms. The molecule has 0 bridgehead atoms. The molecule has 106 valence electrons. The minimum atomic E-state index is 0.761. The van der Waals surface area contributed by atoms with E-state index in [0.29, 0.717) is 0 Å². The number of hydrogen-bond acceptors (Lipinski definition) is 4. The van der Waals surface area contributed by atoms with Crippen LogP contribution in [0.5, 0.6) is 0 Å². The van der Waals surface area contributed by atoms with Gasteiger partial charge in [-0.3, -0.25) is 0 Å². The first kappa shape index (κ1) is 15.8. The molecule has 0 amide bonds. The van der Waals surface area contributed by atoms with Crippen LogP contribution in [0.4, 0.5) is 5.82 Å².